The fraction of sp³-hybridized carbons (Fsp3) is 0.368. The predicted octanol–water partition coefficient (Wildman–Crippen LogP) is 4.31. The molecule has 0 radical (unpaired) electrons. The number of rotatable bonds is 5. The molecule has 1 fully saturated rings. The van der Waals surface area contributed by atoms with Crippen molar-refractivity contribution in [1.82, 2.24) is 0 Å². The van der Waals surface area contributed by atoms with Gasteiger partial charge in [-0.3, -0.25) is 0 Å². The summed E-state index contributed by atoms with van der Waals surface area (Å²) in [5, 5.41) is 10.5. The molecule has 0 amide bonds. The second-order valence-electron chi connectivity index (χ2n) is 6.10. The molecule has 3 rings (SSSR count). The van der Waals surface area contributed by atoms with Gasteiger partial charge in [0.25, 0.3) is 0 Å². The Labute approximate surface area is 126 Å². The van der Waals surface area contributed by atoms with Crippen LogP contribution in [0.15, 0.2) is 54.6 Å². The third kappa shape index (κ3) is 3.27. The minimum Gasteiger partial charge on any atom is -0.491 e. The molecule has 2 heteroatoms. The lowest BCUT2D eigenvalue weighted by Crippen LogP contribution is -2.06. The molecule has 3 atom stereocenters. The number of hydrogen-bond acceptors (Lipinski definition) is 2. The van der Waals surface area contributed by atoms with Crippen molar-refractivity contribution in [2.75, 3.05) is 0 Å². The topological polar surface area (TPSA) is 29.5 Å². The van der Waals surface area contributed by atoms with E-state index in [2.05, 4.69) is 24.3 Å². The summed E-state index contributed by atoms with van der Waals surface area (Å²) < 4.78 is 5.63. The van der Waals surface area contributed by atoms with Gasteiger partial charge in [0.15, 0.2) is 0 Å². The van der Waals surface area contributed by atoms with E-state index in [1.165, 1.54) is 5.56 Å². The highest BCUT2D eigenvalue weighted by Crippen LogP contribution is 2.54. The molecule has 110 valence electrons. The van der Waals surface area contributed by atoms with E-state index in [1.807, 2.05) is 44.2 Å². The molecule has 2 nitrogen and oxygen atoms in total. The molecule has 1 N–H and O–H groups in total. The van der Waals surface area contributed by atoms with E-state index < -0.39 is 0 Å². The molecule has 2 aromatic rings. The van der Waals surface area contributed by atoms with Crippen molar-refractivity contribution >= 4 is 0 Å². The second kappa shape index (κ2) is 5.90. The summed E-state index contributed by atoms with van der Waals surface area (Å²) in [5.74, 6) is 1.69. The molecular weight excluding hydrogens is 260 g/mol. The Kier molecular flexibility index (Phi) is 3.98. The van der Waals surface area contributed by atoms with Crippen molar-refractivity contribution in [3.63, 3.8) is 0 Å². The third-order valence-corrected chi connectivity index (χ3v) is 4.07. The largest absolute Gasteiger partial charge is 0.491 e. The molecule has 2 aromatic carbocycles. The molecule has 3 unspecified atom stereocenters. The normalized spacial score (nSPS) is 22.1. The molecule has 1 aliphatic rings. The van der Waals surface area contributed by atoms with Gasteiger partial charge in [-0.25, -0.2) is 0 Å². The first-order chi connectivity index (χ1) is 10.1. The van der Waals surface area contributed by atoms with Crippen molar-refractivity contribution in [2.45, 2.75) is 38.4 Å². The van der Waals surface area contributed by atoms with Crippen LogP contribution in [0.5, 0.6) is 5.75 Å². The van der Waals surface area contributed by atoms with Crippen LogP contribution >= 0.6 is 0 Å². The van der Waals surface area contributed by atoms with E-state index in [9.17, 15) is 5.11 Å². The zero-order valence-corrected chi connectivity index (χ0v) is 12.6. The van der Waals surface area contributed by atoms with E-state index in [0.717, 1.165) is 17.7 Å². The molecule has 0 aliphatic heterocycles. The van der Waals surface area contributed by atoms with E-state index in [4.69, 9.17) is 4.74 Å². The van der Waals surface area contributed by atoms with Crippen molar-refractivity contribution in [3.05, 3.63) is 65.7 Å². The van der Waals surface area contributed by atoms with Gasteiger partial charge >= 0.3 is 0 Å². The van der Waals surface area contributed by atoms with Gasteiger partial charge < -0.3 is 9.84 Å². The van der Waals surface area contributed by atoms with E-state index in [-0.39, 0.29) is 12.2 Å². The Bertz CT molecular complexity index is 574. The molecule has 0 heterocycles. The Morgan fingerprint density at radius 1 is 1.00 bits per heavy atom. The van der Waals surface area contributed by atoms with Crippen molar-refractivity contribution in [3.8, 4) is 5.75 Å². The number of benzene rings is 2. The predicted molar refractivity (Wildman–Crippen MR) is 84.5 cm³/mol. The lowest BCUT2D eigenvalue weighted by molar-refractivity contribution is 0.151. The van der Waals surface area contributed by atoms with Crippen LogP contribution in [0.3, 0.4) is 0 Å². The maximum atomic E-state index is 10.5. The Balaban J connectivity index is 1.65. The number of ether oxygens (including phenoxy) is 1. The van der Waals surface area contributed by atoms with Crippen molar-refractivity contribution in [2.24, 2.45) is 5.92 Å². The van der Waals surface area contributed by atoms with Gasteiger partial charge in [-0.15, -0.1) is 0 Å². The fourth-order valence-corrected chi connectivity index (χ4v) is 2.91. The van der Waals surface area contributed by atoms with Gasteiger partial charge in [-0.05, 0) is 55.4 Å². The Hall–Kier alpha value is -1.80. The zero-order chi connectivity index (χ0) is 14.8. The first-order valence-electron chi connectivity index (χ1n) is 7.65. The van der Waals surface area contributed by atoms with Gasteiger partial charge in [0.2, 0.25) is 0 Å². The number of hydrogen-bond donors (Lipinski definition) is 1. The first-order valence-corrected chi connectivity index (χ1v) is 7.65. The fourth-order valence-electron chi connectivity index (χ4n) is 2.91. The summed E-state index contributed by atoms with van der Waals surface area (Å²) >= 11 is 0. The van der Waals surface area contributed by atoms with Crippen LogP contribution in [0.2, 0.25) is 0 Å². The molecule has 21 heavy (non-hydrogen) atoms. The number of aliphatic hydroxyl groups is 1. The number of aliphatic hydroxyl groups excluding tert-OH is 1. The summed E-state index contributed by atoms with van der Waals surface area (Å²) in [4.78, 5) is 0. The minimum atomic E-state index is -0.386. The highest BCUT2D eigenvalue weighted by Gasteiger charge is 2.43. The Morgan fingerprint density at radius 3 is 2.29 bits per heavy atom. The lowest BCUT2D eigenvalue weighted by atomic mass is 10.0. The van der Waals surface area contributed by atoms with Crippen molar-refractivity contribution in [1.29, 1.82) is 0 Å². The monoisotopic (exact) mass is 282 g/mol. The quantitative estimate of drug-likeness (QED) is 0.885. The molecule has 1 aliphatic carbocycles. The van der Waals surface area contributed by atoms with Crippen LogP contribution in [0.4, 0.5) is 0 Å². The molecule has 0 spiro atoms. The minimum absolute atomic E-state index is 0.173. The SMILES string of the molecule is CC(C)Oc1ccc(C(O)C2CC2c2ccccc2)cc1. The molecule has 0 bridgehead atoms. The van der Waals surface area contributed by atoms with Gasteiger partial charge in [0.1, 0.15) is 5.75 Å². The van der Waals surface area contributed by atoms with Crippen LogP contribution in [0, 0.1) is 5.92 Å². The molecular formula is C19H22O2. The van der Waals surface area contributed by atoms with Crippen molar-refractivity contribution < 1.29 is 9.84 Å². The molecule has 0 aromatic heterocycles. The van der Waals surface area contributed by atoms with Crippen LogP contribution in [-0.4, -0.2) is 11.2 Å². The Morgan fingerprint density at radius 2 is 1.67 bits per heavy atom. The summed E-state index contributed by atoms with van der Waals surface area (Å²) in [6.07, 6.45) is 0.852. The van der Waals surface area contributed by atoms with E-state index in [1.54, 1.807) is 0 Å². The summed E-state index contributed by atoms with van der Waals surface area (Å²) in [7, 11) is 0. The second-order valence-corrected chi connectivity index (χ2v) is 6.10. The average Bonchev–Trinajstić information content (AvgIpc) is 3.28. The smallest absolute Gasteiger partial charge is 0.119 e. The summed E-state index contributed by atoms with van der Waals surface area (Å²) in [5.41, 5.74) is 2.32. The standard InChI is InChI=1S/C19H22O2/c1-13(2)21-16-10-8-15(9-11-16)19(20)18-12-17(18)14-6-4-3-5-7-14/h3-11,13,17-20H,12H2,1-2H3. The van der Waals surface area contributed by atoms with Gasteiger partial charge in [0.05, 0.1) is 12.2 Å². The van der Waals surface area contributed by atoms with Gasteiger partial charge in [-0.1, -0.05) is 42.5 Å². The maximum absolute atomic E-state index is 10.5. The van der Waals surface area contributed by atoms with Gasteiger partial charge in [0, 0.05) is 0 Å². The zero-order valence-electron chi connectivity index (χ0n) is 12.6. The summed E-state index contributed by atoms with van der Waals surface area (Å²) in [6.45, 7) is 4.02. The maximum Gasteiger partial charge on any atom is 0.119 e. The third-order valence-electron chi connectivity index (χ3n) is 4.07. The summed E-state index contributed by atoms with van der Waals surface area (Å²) in [6, 6.07) is 18.3. The molecule has 1 saturated carbocycles. The van der Waals surface area contributed by atoms with Crippen LogP contribution in [0.25, 0.3) is 0 Å². The van der Waals surface area contributed by atoms with E-state index >= 15 is 0 Å². The van der Waals surface area contributed by atoms with E-state index in [0.29, 0.717) is 11.8 Å². The van der Waals surface area contributed by atoms with Crippen LogP contribution in [-0.2, 0) is 0 Å². The highest BCUT2D eigenvalue weighted by atomic mass is 16.5. The lowest BCUT2D eigenvalue weighted by Gasteiger charge is -2.13. The van der Waals surface area contributed by atoms with Crippen LogP contribution in [0.1, 0.15) is 43.4 Å². The molecule has 0 saturated heterocycles. The highest BCUT2D eigenvalue weighted by molar-refractivity contribution is 5.32. The van der Waals surface area contributed by atoms with Crippen LogP contribution < -0.4 is 4.74 Å². The first kappa shape index (κ1) is 14.2. The average molecular weight is 282 g/mol. The van der Waals surface area contributed by atoms with Gasteiger partial charge in [-0.2, -0.15) is 0 Å².